The van der Waals surface area contributed by atoms with Gasteiger partial charge in [-0.15, -0.1) is 0 Å². The van der Waals surface area contributed by atoms with Crippen molar-refractivity contribution in [3.63, 3.8) is 0 Å². The largest absolute Gasteiger partial charge is 0.465 e. The Balaban J connectivity index is 1.41. The van der Waals surface area contributed by atoms with Crippen LogP contribution in [0.25, 0.3) is 5.57 Å². The minimum absolute atomic E-state index is 0.122. The number of hydrogen-bond donors (Lipinski definition) is 3. The van der Waals surface area contributed by atoms with E-state index in [9.17, 15) is 19.5 Å². The average Bonchev–Trinajstić information content (AvgIpc) is 2.97. The van der Waals surface area contributed by atoms with Crippen LogP contribution in [0.2, 0.25) is 0 Å². The smallest absolute Gasteiger partial charge is 0.413 e. The molecule has 226 valence electrons. The summed E-state index contributed by atoms with van der Waals surface area (Å²) in [6, 6.07) is 20.4. The van der Waals surface area contributed by atoms with E-state index in [0.29, 0.717) is 29.3 Å². The van der Waals surface area contributed by atoms with Crippen LogP contribution in [0.1, 0.15) is 70.2 Å². The average molecular weight is 585 g/mol. The number of carboxylic acid groups (broad SMARTS) is 1. The predicted octanol–water partition coefficient (Wildman–Crippen LogP) is 7.68. The summed E-state index contributed by atoms with van der Waals surface area (Å²) >= 11 is 0. The zero-order valence-corrected chi connectivity index (χ0v) is 25.3. The summed E-state index contributed by atoms with van der Waals surface area (Å²) < 4.78 is 5.27. The quantitative estimate of drug-likeness (QED) is 0.237. The van der Waals surface area contributed by atoms with Crippen LogP contribution in [0.3, 0.4) is 0 Å². The van der Waals surface area contributed by atoms with Gasteiger partial charge in [-0.25, -0.2) is 14.6 Å². The third kappa shape index (κ3) is 8.91. The van der Waals surface area contributed by atoms with Crippen LogP contribution in [0.5, 0.6) is 0 Å². The second-order valence-corrected chi connectivity index (χ2v) is 11.5. The first-order chi connectivity index (χ1) is 20.5. The Kier molecular flexibility index (Phi) is 10.2. The molecule has 9 nitrogen and oxygen atoms in total. The van der Waals surface area contributed by atoms with Crippen molar-refractivity contribution >= 4 is 40.9 Å². The molecule has 1 aromatic heterocycles. The van der Waals surface area contributed by atoms with Gasteiger partial charge in [-0.05, 0) is 106 Å². The van der Waals surface area contributed by atoms with Gasteiger partial charge in [0.05, 0.1) is 0 Å². The van der Waals surface area contributed by atoms with Crippen molar-refractivity contribution in [1.29, 1.82) is 0 Å². The number of benzene rings is 2. The molecule has 3 aromatic rings. The molecule has 2 aromatic carbocycles. The van der Waals surface area contributed by atoms with Gasteiger partial charge in [0.1, 0.15) is 11.4 Å². The first kappa shape index (κ1) is 31.3. The number of aromatic nitrogens is 1. The van der Waals surface area contributed by atoms with Gasteiger partial charge in [0.2, 0.25) is 0 Å². The van der Waals surface area contributed by atoms with Crippen LogP contribution in [0.4, 0.5) is 26.8 Å². The second-order valence-electron chi connectivity index (χ2n) is 11.5. The number of aryl methyl sites for hydroxylation is 1. The lowest BCUT2D eigenvalue weighted by atomic mass is 9.86. The summed E-state index contributed by atoms with van der Waals surface area (Å²) in [5.41, 5.74) is 5.31. The van der Waals surface area contributed by atoms with Crippen LogP contribution >= 0.6 is 0 Å². The maximum atomic E-state index is 13.3. The van der Waals surface area contributed by atoms with E-state index < -0.39 is 17.8 Å². The number of anilines is 3. The molecule has 0 saturated carbocycles. The molecule has 1 aliphatic rings. The Morgan fingerprint density at radius 2 is 1.63 bits per heavy atom. The fourth-order valence-electron chi connectivity index (χ4n) is 5.01. The second kappa shape index (κ2) is 14.0. The molecule has 3 N–H and O–H groups in total. The Labute approximate surface area is 253 Å². The molecule has 0 atom stereocenters. The number of nitrogens with one attached hydrogen (secondary N) is 2. The van der Waals surface area contributed by atoms with E-state index in [1.165, 1.54) is 10.5 Å². The molecule has 0 unspecified atom stereocenters. The van der Waals surface area contributed by atoms with Crippen LogP contribution in [0, 0.1) is 0 Å². The number of hydrogen-bond acceptors (Lipinski definition) is 5. The maximum absolute atomic E-state index is 13.3. The third-order valence-corrected chi connectivity index (χ3v) is 7.15. The Morgan fingerprint density at radius 1 is 0.930 bits per heavy atom. The Hall–Kier alpha value is -4.66. The first-order valence-electron chi connectivity index (χ1n) is 14.7. The molecule has 9 heteroatoms. The van der Waals surface area contributed by atoms with Gasteiger partial charge in [-0.3, -0.25) is 15.0 Å². The molecule has 1 heterocycles. The number of carbonyl (C=O) groups is 3. The van der Waals surface area contributed by atoms with Gasteiger partial charge >= 0.3 is 12.2 Å². The van der Waals surface area contributed by atoms with Crippen molar-refractivity contribution in [3.05, 3.63) is 89.1 Å². The van der Waals surface area contributed by atoms with Crippen molar-refractivity contribution in [1.82, 2.24) is 4.98 Å². The molecule has 0 fully saturated rings. The molecule has 3 amide bonds. The van der Waals surface area contributed by atoms with Crippen molar-refractivity contribution < 1.29 is 24.2 Å². The summed E-state index contributed by atoms with van der Waals surface area (Å²) in [5.74, 6) is 0.200. The van der Waals surface area contributed by atoms with Gasteiger partial charge in [-0.2, -0.15) is 0 Å². The number of ether oxygens (including phenoxy) is 1. The van der Waals surface area contributed by atoms with E-state index >= 15 is 0 Å². The molecule has 0 spiro atoms. The molecule has 0 bridgehead atoms. The molecule has 4 rings (SSSR count). The van der Waals surface area contributed by atoms with Gasteiger partial charge in [0, 0.05) is 35.6 Å². The summed E-state index contributed by atoms with van der Waals surface area (Å²) in [4.78, 5) is 43.1. The fraction of sp³-hybridized carbons (Fsp3) is 0.353. The van der Waals surface area contributed by atoms with E-state index in [2.05, 4.69) is 46.8 Å². The highest BCUT2D eigenvalue weighted by molar-refractivity contribution is 6.09. The number of carbonyl (C=O) groups excluding carboxylic acids is 2. The maximum Gasteiger partial charge on any atom is 0.413 e. The molecular weight excluding hydrogens is 544 g/mol. The molecule has 43 heavy (non-hydrogen) atoms. The standard InChI is InChI=1S/C34H40N4O5/c1-5-23-13-15-24(16-14-23)28-10-6-7-11-29(28)31(39)36-26-17-19-27(20-18-26)38(33(41)42)22-21-25-9-8-12-30(35-25)37-32(40)43-34(2,3)4/h8-9,12-20H,5-7,10-11,21-22H2,1-4H3,(H,36,39)(H,41,42)(H,35,37,40). The number of amides is 3. The minimum Gasteiger partial charge on any atom is -0.465 e. The summed E-state index contributed by atoms with van der Waals surface area (Å²) in [5, 5.41) is 15.5. The number of nitrogens with zero attached hydrogens (tertiary/aromatic N) is 2. The van der Waals surface area contributed by atoms with E-state index in [0.717, 1.165) is 48.8 Å². The zero-order valence-electron chi connectivity index (χ0n) is 25.3. The normalized spacial score (nSPS) is 13.3. The third-order valence-electron chi connectivity index (χ3n) is 7.15. The molecule has 1 aliphatic carbocycles. The van der Waals surface area contributed by atoms with Crippen LogP contribution in [-0.4, -0.2) is 40.3 Å². The van der Waals surface area contributed by atoms with Crippen molar-refractivity contribution in [2.24, 2.45) is 0 Å². The SMILES string of the molecule is CCc1ccc(C2=C(C(=O)Nc3ccc(N(CCc4cccc(NC(=O)OC(C)(C)C)n4)C(=O)O)cc3)CCCC2)cc1. The number of rotatable bonds is 9. The summed E-state index contributed by atoms with van der Waals surface area (Å²) in [6.45, 7) is 7.59. The first-order valence-corrected chi connectivity index (χ1v) is 14.7. The van der Waals surface area contributed by atoms with Gasteiger partial charge in [0.25, 0.3) is 5.91 Å². The van der Waals surface area contributed by atoms with E-state index in [1.807, 2.05) is 0 Å². The predicted molar refractivity (Wildman–Crippen MR) is 169 cm³/mol. The van der Waals surface area contributed by atoms with E-state index in [-0.39, 0.29) is 12.5 Å². The van der Waals surface area contributed by atoms with E-state index in [1.54, 1.807) is 63.2 Å². The number of allylic oxidation sites excluding steroid dienone is 1. The van der Waals surface area contributed by atoms with Crippen LogP contribution < -0.4 is 15.5 Å². The fourth-order valence-corrected chi connectivity index (χ4v) is 5.01. The zero-order chi connectivity index (χ0) is 31.0. The monoisotopic (exact) mass is 584 g/mol. The molecular formula is C34H40N4O5. The number of pyridine rings is 1. The lowest BCUT2D eigenvalue weighted by Crippen LogP contribution is -2.31. The lowest BCUT2D eigenvalue weighted by Gasteiger charge is -2.21. The van der Waals surface area contributed by atoms with E-state index in [4.69, 9.17) is 4.74 Å². The summed E-state index contributed by atoms with van der Waals surface area (Å²) in [6.07, 6.45) is 3.20. The van der Waals surface area contributed by atoms with Crippen LogP contribution in [0.15, 0.2) is 72.3 Å². The lowest BCUT2D eigenvalue weighted by molar-refractivity contribution is -0.113. The summed E-state index contributed by atoms with van der Waals surface area (Å²) in [7, 11) is 0. The van der Waals surface area contributed by atoms with Gasteiger partial charge in [0.15, 0.2) is 0 Å². The van der Waals surface area contributed by atoms with Crippen LogP contribution in [-0.2, 0) is 22.4 Å². The Morgan fingerprint density at radius 3 is 2.28 bits per heavy atom. The topological polar surface area (TPSA) is 121 Å². The molecule has 0 radical (unpaired) electrons. The van der Waals surface area contributed by atoms with Crippen molar-refractivity contribution in [3.8, 4) is 0 Å². The van der Waals surface area contributed by atoms with Gasteiger partial charge < -0.3 is 15.2 Å². The highest BCUT2D eigenvalue weighted by Crippen LogP contribution is 2.33. The minimum atomic E-state index is -1.11. The molecule has 0 aliphatic heterocycles. The highest BCUT2D eigenvalue weighted by atomic mass is 16.6. The Bertz CT molecular complexity index is 1470. The molecule has 0 saturated heterocycles. The van der Waals surface area contributed by atoms with Crippen molar-refractivity contribution in [2.75, 3.05) is 22.1 Å². The van der Waals surface area contributed by atoms with Gasteiger partial charge in [-0.1, -0.05) is 37.3 Å². The highest BCUT2D eigenvalue weighted by Gasteiger charge is 2.21. The van der Waals surface area contributed by atoms with Crippen molar-refractivity contribution in [2.45, 2.75) is 71.8 Å².